The summed E-state index contributed by atoms with van der Waals surface area (Å²) < 4.78 is 0. The SMILES string of the molecule is CC(C)C[C@H]1NC(=O)[C@H](Cc2c[nH]c3ccccc23)NC(=O)[C@@H](CC(=O)O)NC(=O)[C@@H]2CCCN2C(=O)[C@@H](C(C)C)NC1=O. The smallest absolute Gasteiger partial charge is 0.305 e. The molecule has 2 aromatic rings. The summed E-state index contributed by atoms with van der Waals surface area (Å²) in [5.41, 5.74) is 1.54. The Kier molecular flexibility index (Phi) is 10.3. The van der Waals surface area contributed by atoms with Crippen molar-refractivity contribution in [2.24, 2.45) is 11.8 Å². The Balaban J connectivity index is 1.75. The molecule has 13 nitrogen and oxygen atoms in total. The molecule has 0 saturated carbocycles. The molecule has 1 aromatic carbocycles. The molecule has 1 aromatic heterocycles. The fourth-order valence-electron chi connectivity index (χ4n) is 5.88. The number of aromatic nitrogens is 1. The maximum absolute atomic E-state index is 13.8. The van der Waals surface area contributed by atoms with Crippen LogP contribution in [0.1, 0.15) is 58.9 Å². The lowest BCUT2D eigenvalue weighted by atomic mass is 9.98. The zero-order valence-corrected chi connectivity index (χ0v) is 25.5. The summed E-state index contributed by atoms with van der Waals surface area (Å²) >= 11 is 0. The molecule has 0 spiro atoms. The van der Waals surface area contributed by atoms with Crippen molar-refractivity contribution in [1.82, 2.24) is 31.2 Å². The molecule has 6 N–H and O–H groups in total. The van der Waals surface area contributed by atoms with Gasteiger partial charge < -0.3 is 36.3 Å². The molecule has 44 heavy (non-hydrogen) atoms. The number of nitrogens with zero attached hydrogens (tertiary/aromatic N) is 1. The summed E-state index contributed by atoms with van der Waals surface area (Å²) in [7, 11) is 0. The lowest BCUT2D eigenvalue weighted by Crippen LogP contribution is -2.59. The number of aliphatic carboxylic acids is 1. The summed E-state index contributed by atoms with van der Waals surface area (Å²) in [5.74, 6) is -4.86. The van der Waals surface area contributed by atoms with Gasteiger partial charge in [-0.3, -0.25) is 28.8 Å². The van der Waals surface area contributed by atoms with E-state index in [2.05, 4.69) is 26.3 Å². The Hall–Kier alpha value is -4.42. The van der Waals surface area contributed by atoms with Crippen LogP contribution in [0.2, 0.25) is 0 Å². The molecule has 2 aliphatic heterocycles. The van der Waals surface area contributed by atoms with Crippen LogP contribution in [0.3, 0.4) is 0 Å². The molecule has 2 aliphatic rings. The monoisotopic (exact) mass is 610 g/mol. The van der Waals surface area contributed by atoms with Crippen LogP contribution in [-0.2, 0) is 35.2 Å². The number of hydrogen-bond donors (Lipinski definition) is 6. The highest BCUT2D eigenvalue weighted by Gasteiger charge is 2.41. The minimum absolute atomic E-state index is 0.00674. The maximum Gasteiger partial charge on any atom is 0.305 e. The third kappa shape index (κ3) is 7.56. The summed E-state index contributed by atoms with van der Waals surface area (Å²) in [6, 6.07) is 1.78. The van der Waals surface area contributed by atoms with Crippen molar-refractivity contribution in [3.63, 3.8) is 0 Å². The number of rotatable bonds is 7. The van der Waals surface area contributed by atoms with E-state index in [0.29, 0.717) is 12.8 Å². The number of amides is 5. The number of H-pyrrole nitrogens is 1. The Morgan fingerprint density at radius 2 is 1.52 bits per heavy atom. The first-order valence-electron chi connectivity index (χ1n) is 15.1. The highest BCUT2D eigenvalue weighted by molar-refractivity contribution is 5.99. The fourth-order valence-corrected chi connectivity index (χ4v) is 5.88. The highest BCUT2D eigenvalue weighted by Crippen LogP contribution is 2.22. The number of benzene rings is 1. The minimum Gasteiger partial charge on any atom is -0.481 e. The molecule has 238 valence electrons. The molecule has 0 unspecified atom stereocenters. The van der Waals surface area contributed by atoms with Gasteiger partial charge in [0.15, 0.2) is 0 Å². The van der Waals surface area contributed by atoms with Crippen molar-refractivity contribution in [1.29, 1.82) is 0 Å². The van der Waals surface area contributed by atoms with Crippen LogP contribution in [0.5, 0.6) is 0 Å². The first-order chi connectivity index (χ1) is 20.8. The van der Waals surface area contributed by atoms with Gasteiger partial charge in [-0.15, -0.1) is 0 Å². The third-order valence-corrected chi connectivity index (χ3v) is 8.15. The number of nitrogens with one attached hydrogen (secondary N) is 5. The zero-order valence-electron chi connectivity index (χ0n) is 25.5. The van der Waals surface area contributed by atoms with Gasteiger partial charge in [-0.05, 0) is 42.7 Å². The van der Waals surface area contributed by atoms with Crippen LogP contribution in [0.25, 0.3) is 10.9 Å². The molecule has 2 saturated heterocycles. The fraction of sp³-hybridized carbons (Fsp3) is 0.548. The Bertz CT molecular complexity index is 1420. The largest absolute Gasteiger partial charge is 0.481 e. The van der Waals surface area contributed by atoms with E-state index >= 15 is 0 Å². The number of fused-ring (bicyclic) bond motifs is 2. The molecule has 13 heteroatoms. The first-order valence-corrected chi connectivity index (χ1v) is 15.1. The molecule has 4 rings (SSSR count). The van der Waals surface area contributed by atoms with Crippen molar-refractivity contribution in [3.05, 3.63) is 36.0 Å². The first kappa shape index (κ1) is 32.5. The molecular weight excluding hydrogens is 568 g/mol. The lowest BCUT2D eigenvalue weighted by Gasteiger charge is -2.32. The van der Waals surface area contributed by atoms with Gasteiger partial charge in [-0.25, -0.2) is 0 Å². The second kappa shape index (κ2) is 13.9. The molecule has 2 fully saturated rings. The number of aromatic amines is 1. The summed E-state index contributed by atoms with van der Waals surface area (Å²) in [6.45, 7) is 7.62. The second-order valence-corrected chi connectivity index (χ2v) is 12.4. The van der Waals surface area contributed by atoms with Crippen molar-refractivity contribution >= 4 is 46.4 Å². The number of carboxylic acid groups (broad SMARTS) is 1. The van der Waals surface area contributed by atoms with Crippen LogP contribution in [-0.4, -0.2) is 87.2 Å². The van der Waals surface area contributed by atoms with Gasteiger partial charge in [-0.2, -0.15) is 0 Å². The van der Waals surface area contributed by atoms with Crippen LogP contribution in [0.15, 0.2) is 30.5 Å². The van der Waals surface area contributed by atoms with Crippen LogP contribution in [0, 0.1) is 11.8 Å². The molecule has 0 bridgehead atoms. The number of carbonyl (C=O) groups is 6. The summed E-state index contributed by atoms with van der Waals surface area (Å²) in [6.07, 6.45) is 2.12. The number of hydrogen-bond acceptors (Lipinski definition) is 6. The van der Waals surface area contributed by atoms with Crippen molar-refractivity contribution < 1.29 is 33.9 Å². The lowest BCUT2D eigenvalue weighted by molar-refractivity contribution is -0.144. The molecule has 5 amide bonds. The number of para-hydroxylation sites is 1. The Labute approximate surface area is 255 Å². The normalized spacial score (nSPS) is 25.6. The quantitative estimate of drug-likeness (QED) is 0.268. The van der Waals surface area contributed by atoms with Gasteiger partial charge in [0.05, 0.1) is 6.42 Å². The van der Waals surface area contributed by atoms with E-state index in [1.165, 1.54) is 4.90 Å². The van der Waals surface area contributed by atoms with Crippen molar-refractivity contribution in [3.8, 4) is 0 Å². The second-order valence-electron chi connectivity index (χ2n) is 12.4. The third-order valence-electron chi connectivity index (χ3n) is 8.15. The number of carboxylic acids is 1. The minimum atomic E-state index is -1.51. The number of carbonyl (C=O) groups excluding carboxylic acids is 5. The van der Waals surface area contributed by atoms with Gasteiger partial charge in [0.2, 0.25) is 29.5 Å². The summed E-state index contributed by atoms with van der Waals surface area (Å²) in [5, 5.41) is 21.2. The van der Waals surface area contributed by atoms with Crippen molar-refractivity contribution in [2.75, 3.05) is 6.54 Å². The molecule has 5 atom stereocenters. The van der Waals surface area contributed by atoms with Crippen molar-refractivity contribution in [2.45, 2.75) is 90.0 Å². The van der Waals surface area contributed by atoms with E-state index in [4.69, 9.17) is 0 Å². The van der Waals surface area contributed by atoms with E-state index in [1.54, 1.807) is 20.0 Å². The van der Waals surface area contributed by atoms with Gasteiger partial charge in [0, 0.05) is 30.1 Å². The zero-order chi connectivity index (χ0) is 32.1. The summed E-state index contributed by atoms with van der Waals surface area (Å²) in [4.78, 5) is 84.5. The van der Waals surface area contributed by atoms with Gasteiger partial charge in [0.1, 0.15) is 30.2 Å². The topological polar surface area (TPSA) is 190 Å². The predicted octanol–water partition coefficient (Wildman–Crippen LogP) is 0.831. The van der Waals surface area contributed by atoms with E-state index in [-0.39, 0.29) is 31.2 Å². The highest BCUT2D eigenvalue weighted by atomic mass is 16.4. The average Bonchev–Trinajstić information content (AvgIpc) is 3.61. The molecular formula is C31H42N6O7. The van der Waals surface area contributed by atoms with Gasteiger partial charge in [0.25, 0.3) is 0 Å². The van der Waals surface area contributed by atoms with Crippen LogP contribution >= 0.6 is 0 Å². The average molecular weight is 611 g/mol. The Morgan fingerprint density at radius 3 is 2.20 bits per heavy atom. The standard InChI is InChI=1S/C31H42N6O7/c1-16(2)12-21-29(42)36-26(17(3)4)31(44)37-11-7-10-24(37)30(43)35-23(14-25(38)39)28(41)34-22(27(40)33-21)13-18-15-32-20-9-6-5-8-19(18)20/h5-6,8-9,15-17,21-24,26,32H,7,10-14H2,1-4H3,(H,33,40)(H,34,41)(H,35,43)(H,36,42)(H,38,39)/t21-,22+,23-,24+,26-/m1/s1. The van der Waals surface area contributed by atoms with E-state index in [9.17, 15) is 33.9 Å². The van der Waals surface area contributed by atoms with E-state index in [0.717, 1.165) is 16.5 Å². The molecule has 0 aliphatic carbocycles. The predicted molar refractivity (Wildman–Crippen MR) is 161 cm³/mol. The van der Waals surface area contributed by atoms with Gasteiger partial charge >= 0.3 is 5.97 Å². The molecule has 0 radical (unpaired) electrons. The van der Waals surface area contributed by atoms with Crippen LogP contribution in [0.4, 0.5) is 0 Å². The van der Waals surface area contributed by atoms with Gasteiger partial charge in [-0.1, -0.05) is 45.9 Å². The van der Waals surface area contributed by atoms with E-state index in [1.807, 2.05) is 38.1 Å². The Morgan fingerprint density at radius 1 is 0.886 bits per heavy atom. The maximum atomic E-state index is 13.8. The molecule has 3 heterocycles. The van der Waals surface area contributed by atoms with E-state index < -0.39 is 72.1 Å². The van der Waals surface area contributed by atoms with Crippen LogP contribution < -0.4 is 21.3 Å².